The van der Waals surface area contributed by atoms with Crippen LogP contribution in [0.3, 0.4) is 0 Å². The number of benzene rings is 2. The molecule has 0 saturated carbocycles. The Morgan fingerprint density at radius 2 is 1.71 bits per heavy atom. The highest BCUT2D eigenvalue weighted by Gasteiger charge is 2.31. The lowest BCUT2D eigenvalue weighted by atomic mass is 10.1. The van der Waals surface area contributed by atoms with Gasteiger partial charge >= 0.3 is 5.97 Å². The Hall–Kier alpha value is -4.05. The number of para-hydroxylation sites is 1. The van der Waals surface area contributed by atoms with E-state index in [1.54, 1.807) is 37.3 Å². The summed E-state index contributed by atoms with van der Waals surface area (Å²) in [4.78, 5) is 41.3. The smallest absolute Gasteiger partial charge is 0.323 e. The highest BCUT2D eigenvalue weighted by molar-refractivity contribution is 6.05. The zero-order chi connectivity index (χ0) is 29.9. The predicted molar refractivity (Wildman–Crippen MR) is 160 cm³/mol. The van der Waals surface area contributed by atoms with Crippen LogP contribution in [0.5, 0.6) is 11.5 Å². The molecule has 0 bridgehead atoms. The first-order valence-electron chi connectivity index (χ1n) is 14.1. The van der Waals surface area contributed by atoms with Crippen LogP contribution in [0.25, 0.3) is 10.9 Å². The molecule has 10 heteroatoms. The van der Waals surface area contributed by atoms with E-state index < -0.39 is 17.9 Å². The maximum atomic E-state index is 14.3. The van der Waals surface area contributed by atoms with Crippen molar-refractivity contribution < 1.29 is 29.0 Å². The van der Waals surface area contributed by atoms with E-state index in [-0.39, 0.29) is 18.1 Å². The van der Waals surface area contributed by atoms with Crippen molar-refractivity contribution in [3.05, 3.63) is 53.7 Å². The van der Waals surface area contributed by atoms with Crippen molar-refractivity contribution in [2.45, 2.75) is 65.0 Å². The van der Waals surface area contributed by atoms with E-state index in [1.807, 2.05) is 31.2 Å². The third-order valence-corrected chi connectivity index (χ3v) is 7.03. The second-order valence-corrected chi connectivity index (χ2v) is 10.1. The van der Waals surface area contributed by atoms with Crippen molar-refractivity contribution in [1.82, 2.24) is 9.88 Å². The third-order valence-electron chi connectivity index (χ3n) is 7.03. The number of aromatic nitrogens is 1. The number of carboxylic acids is 1. The molecular formula is C31H42N4O6. The fourth-order valence-electron chi connectivity index (χ4n) is 5.02. The first kappa shape index (κ1) is 31.5. The first-order chi connectivity index (χ1) is 19.7. The van der Waals surface area contributed by atoms with Crippen molar-refractivity contribution in [2.75, 3.05) is 32.2 Å². The predicted octanol–water partition coefficient (Wildman–Crippen LogP) is 4.50. The molecule has 222 valence electrons. The summed E-state index contributed by atoms with van der Waals surface area (Å²) >= 11 is 0. The molecule has 10 nitrogen and oxygen atoms in total. The topological polar surface area (TPSA) is 136 Å². The van der Waals surface area contributed by atoms with Crippen LogP contribution in [0.15, 0.2) is 42.5 Å². The Kier molecular flexibility index (Phi) is 11.6. The lowest BCUT2D eigenvalue weighted by Gasteiger charge is -2.30. The normalized spacial score (nSPS) is 11.7. The zero-order valence-electron chi connectivity index (χ0n) is 24.4. The molecule has 4 N–H and O–H groups in total. The molecule has 0 spiro atoms. The summed E-state index contributed by atoms with van der Waals surface area (Å²) in [5, 5.41) is 13.2. The van der Waals surface area contributed by atoms with Crippen LogP contribution >= 0.6 is 0 Å². The molecule has 0 radical (unpaired) electrons. The van der Waals surface area contributed by atoms with Gasteiger partial charge in [0.1, 0.15) is 35.5 Å². The number of carboxylic acid groups (broad SMARTS) is 1. The van der Waals surface area contributed by atoms with Crippen LogP contribution in [0.4, 0.5) is 5.69 Å². The number of amides is 2. The maximum Gasteiger partial charge on any atom is 0.323 e. The van der Waals surface area contributed by atoms with E-state index >= 15 is 0 Å². The molecular weight excluding hydrogens is 524 g/mol. The quantitative estimate of drug-likeness (QED) is 0.217. The summed E-state index contributed by atoms with van der Waals surface area (Å²) in [5.74, 6) is -0.894. The van der Waals surface area contributed by atoms with Crippen molar-refractivity contribution in [1.29, 1.82) is 0 Å². The van der Waals surface area contributed by atoms with Crippen LogP contribution in [-0.4, -0.2) is 60.8 Å². The fourth-order valence-corrected chi connectivity index (χ4v) is 5.02. The molecule has 41 heavy (non-hydrogen) atoms. The fraction of sp³-hybridized carbons (Fsp3) is 0.452. The molecule has 0 aliphatic carbocycles. The lowest BCUT2D eigenvalue weighted by molar-refractivity contribution is -0.137. The number of carbonyl (C=O) groups is 3. The van der Waals surface area contributed by atoms with Gasteiger partial charge in [-0.2, -0.15) is 0 Å². The highest BCUT2D eigenvalue weighted by Crippen LogP contribution is 2.40. The molecule has 2 aromatic carbocycles. The minimum atomic E-state index is -1.07. The number of aryl methyl sites for hydroxylation is 1. The first-order valence-corrected chi connectivity index (χ1v) is 14.1. The monoisotopic (exact) mass is 566 g/mol. The van der Waals surface area contributed by atoms with Crippen molar-refractivity contribution in [3.8, 4) is 11.5 Å². The van der Waals surface area contributed by atoms with Gasteiger partial charge < -0.3 is 35.1 Å². The summed E-state index contributed by atoms with van der Waals surface area (Å²) in [6.45, 7) is 4.49. The van der Waals surface area contributed by atoms with Crippen molar-refractivity contribution in [2.24, 2.45) is 5.73 Å². The van der Waals surface area contributed by atoms with Gasteiger partial charge in [-0.25, -0.2) is 0 Å². The van der Waals surface area contributed by atoms with Crippen LogP contribution in [0.1, 0.15) is 61.5 Å². The third kappa shape index (κ3) is 7.79. The summed E-state index contributed by atoms with van der Waals surface area (Å²) in [5.41, 5.74) is 7.97. The summed E-state index contributed by atoms with van der Waals surface area (Å²) in [6.07, 6.45) is 4.30. The lowest BCUT2D eigenvalue weighted by Crippen LogP contribution is -2.49. The molecule has 3 aromatic rings. The Morgan fingerprint density at radius 3 is 2.32 bits per heavy atom. The van der Waals surface area contributed by atoms with Crippen molar-refractivity contribution >= 4 is 34.4 Å². The molecule has 3 rings (SSSR count). The Balaban J connectivity index is 2.04. The molecule has 0 fully saturated rings. The minimum Gasteiger partial charge on any atom is -0.494 e. The van der Waals surface area contributed by atoms with Gasteiger partial charge in [0, 0.05) is 17.4 Å². The number of ether oxygens (including phenoxy) is 2. The molecule has 2 amide bonds. The number of carbonyl (C=O) groups excluding carboxylic acids is 2. The number of nitrogens with zero attached hydrogens (tertiary/aromatic N) is 2. The number of fused-ring (bicyclic) bond motifs is 1. The number of anilines is 1. The second-order valence-electron chi connectivity index (χ2n) is 10.1. The van der Waals surface area contributed by atoms with E-state index in [9.17, 15) is 19.5 Å². The summed E-state index contributed by atoms with van der Waals surface area (Å²) in [7, 11) is 3.10. The number of unbranched alkanes of at least 4 members (excludes halogenated alkanes) is 3. The van der Waals surface area contributed by atoms with Crippen LogP contribution < -0.4 is 25.4 Å². The van der Waals surface area contributed by atoms with E-state index in [1.165, 1.54) is 4.57 Å². The highest BCUT2D eigenvalue weighted by atomic mass is 16.5. The number of methoxy groups -OCH3 is 2. The SMILES string of the molecule is CCCCCN(C(=O)[C@@H](CCCCN)NC(=O)c1cc2ccccc2n1CC(=O)O)c1c(OC)cc(C)cc1OC. The van der Waals surface area contributed by atoms with E-state index in [2.05, 4.69) is 12.2 Å². The number of nitrogens with one attached hydrogen (secondary N) is 1. The molecule has 1 aromatic heterocycles. The average molecular weight is 567 g/mol. The van der Waals surface area contributed by atoms with Gasteiger partial charge in [-0.1, -0.05) is 38.0 Å². The van der Waals surface area contributed by atoms with Crippen LogP contribution in [0, 0.1) is 6.92 Å². The number of hydrogen-bond donors (Lipinski definition) is 3. The second kappa shape index (κ2) is 15.1. The Labute approximate surface area is 241 Å². The summed E-state index contributed by atoms with van der Waals surface area (Å²) in [6, 6.07) is 11.7. The van der Waals surface area contributed by atoms with Crippen LogP contribution in [-0.2, 0) is 16.1 Å². The Morgan fingerprint density at radius 1 is 1.02 bits per heavy atom. The van der Waals surface area contributed by atoms with Gasteiger partial charge in [-0.3, -0.25) is 14.4 Å². The minimum absolute atomic E-state index is 0.174. The molecule has 0 unspecified atom stereocenters. The number of nitrogens with two attached hydrogens (primary N) is 1. The summed E-state index contributed by atoms with van der Waals surface area (Å²) < 4.78 is 12.8. The van der Waals surface area contributed by atoms with Gasteiger partial charge in [0.25, 0.3) is 5.91 Å². The number of aliphatic carboxylic acids is 1. The molecule has 0 aliphatic heterocycles. The molecule has 0 aliphatic rings. The molecule has 0 saturated heterocycles. The van der Waals surface area contributed by atoms with E-state index in [4.69, 9.17) is 15.2 Å². The van der Waals surface area contributed by atoms with Gasteiger partial charge in [0.05, 0.1) is 14.2 Å². The van der Waals surface area contributed by atoms with Gasteiger partial charge in [-0.05, 0) is 69.0 Å². The van der Waals surface area contributed by atoms with Crippen molar-refractivity contribution in [3.63, 3.8) is 0 Å². The number of rotatable bonds is 16. The Bertz CT molecular complexity index is 1330. The maximum absolute atomic E-state index is 14.3. The molecule has 1 atom stereocenters. The number of hydrogen-bond acceptors (Lipinski definition) is 6. The van der Waals surface area contributed by atoms with Gasteiger partial charge in [-0.15, -0.1) is 0 Å². The van der Waals surface area contributed by atoms with Gasteiger partial charge in [0.15, 0.2) is 0 Å². The van der Waals surface area contributed by atoms with E-state index in [0.717, 1.165) is 30.2 Å². The molecule has 1 heterocycles. The van der Waals surface area contributed by atoms with Crippen LogP contribution in [0.2, 0.25) is 0 Å². The van der Waals surface area contributed by atoms with E-state index in [0.29, 0.717) is 55.1 Å². The largest absolute Gasteiger partial charge is 0.494 e. The standard InChI is InChI=1S/C31H42N4O6/c1-5-6-11-16-34(29-26(40-3)17-21(2)18-27(29)41-4)31(39)23(13-9-10-15-32)33-30(38)25-19-22-12-7-8-14-24(22)35(25)20-28(36)37/h7-8,12,14,17-19,23H,5-6,9-11,13,15-16,20,32H2,1-4H3,(H,33,38)(H,36,37)/t23-/m1/s1. The zero-order valence-corrected chi connectivity index (χ0v) is 24.4. The van der Waals surface area contributed by atoms with Gasteiger partial charge in [0.2, 0.25) is 5.91 Å². The average Bonchev–Trinajstić information content (AvgIpc) is 3.32.